The first-order chi connectivity index (χ1) is 10.0. The monoisotopic (exact) mass is 296 g/mol. The molecule has 1 saturated heterocycles. The fourth-order valence-electron chi connectivity index (χ4n) is 3.69. The summed E-state index contributed by atoms with van der Waals surface area (Å²) in [6.07, 6.45) is 6.90. The average Bonchev–Trinajstić information content (AvgIpc) is 2.50. The molecule has 0 aromatic heterocycles. The van der Waals surface area contributed by atoms with E-state index in [1.807, 2.05) is 18.7 Å². The summed E-state index contributed by atoms with van der Waals surface area (Å²) in [6.45, 7) is 5.37. The number of hydrogen-bond acceptors (Lipinski definition) is 2. The number of carboxylic acids is 1. The first kappa shape index (κ1) is 16.1. The van der Waals surface area contributed by atoms with Crippen molar-refractivity contribution < 1.29 is 14.7 Å². The zero-order valence-electron chi connectivity index (χ0n) is 13.2. The molecule has 1 aliphatic heterocycles. The van der Waals surface area contributed by atoms with Gasteiger partial charge in [0.05, 0.1) is 0 Å². The van der Waals surface area contributed by atoms with Crippen LogP contribution in [0.15, 0.2) is 0 Å². The van der Waals surface area contributed by atoms with Crippen molar-refractivity contribution in [3.8, 4) is 0 Å². The quantitative estimate of drug-likeness (QED) is 0.838. The van der Waals surface area contributed by atoms with Crippen LogP contribution in [-0.2, 0) is 4.79 Å². The molecule has 0 radical (unpaired) electrons. The summed E-state index contributed by atoms with van der Waals surface area (Å²) in [5.74, 6) is 0.390. The highest BCUT2D eigenvalue weighted by Gasteiger charge is 2.34. The maximum Gasteiger partial charge on any atom is 0.326 e. The highest BCUT2D eigenvalue weighted by molar-refractivity contribution is 5.82. The van der Waals surface area contributed by atoms with Gasteiger partial charge >= 0.3 is 12.0 Å². The van der Waals surface area contributed by atoms with E-state index < -0.39 is 12.0 Å². The van der Waals surface area contributed by atoms with Gasteiger partial charge in [-0.25, -0.2) is 9.59 Å². The second-order valence-corrected chi connectivity index (χ2v) is 6.69. The lowest BCUT2D eigenvalue weighted by Crippen LogP contribution is -2.54. The number of carboxylic acid groups (broad SMARTS) is 1. The lowest BCUT2D eigenvalue weighted by Gasteiger charge is -2.41. The van der Waals surface area contributed by atoms with Gasteiger partial charge in [0.25, 0.3) is 0 Å². The number of fused-ring (bicyclic) bond motifs is 1. The molecule has 2 rings (SSSR count). The molecular weight excluding hydrogens is 268 g/mol. The van der Waals surface area contributed by atoms with Crippen molar-refractivity contribution in [1.82, 2.24) is 10.2 Å². The molecule has 2 N–H and O–H groups in total. The van der Waals surface area contributed by atoms with Gasteiger partial charge in [0.1, 0.15) is 6.04 Å². The molecule has 0 aromatic carbocycles. The number of likely N-dealkylation sites (tertiary alicyclic amines) is 1. The van der Waals surface area contributed by atoms with Crippen LogP contribution in [0.25, 0.3) is 0 Å². The third kappa shape index (κ3) is 3.89. The molecule has 4 atom stereocenters. The van der Waals surface area contributed by atoms with Gasteiger partial charge in [-0.1, -0.05) is 39.5 Å². The lowest BCUT2D eigenvalue weighted by molar-refractivity contribution is -0.140. The third-order valence-electron chi connectivity index (χ3n) is 5.34. The third-order valence-corrected chi connectivity index (χ3v) is 5.34. The number of nitrogens with one attached hydrogen (secondary N) is 1. The van der Waals surface area contributed by atoms with Crippen LogP contribution in [0.2, 0.25) is 0 Å². The van der Waals surface area contributed by atoms with Gasteiger partial charge in [-0.2, -0.15) is 0 Å². The minimum atomic E-state index is -0.940. The van der Waals surface area contributed by atoms with E-state index in [0.29, 0.717) is 5.92 Å². The molecule has 1 aliphatic carbocycles. The molecule has 2 aliphatic rings. The molecule has 0 bridgehead atoms. The van der Waals surface area contributed by atoms with Gasteiger partial charge in [0.15, 0.2) is 0 Å². The standard InChI is InChI=1S/C16H28N2O3/c1-3-11(2)14(15(19)20)17-16(21)18-9-8-12-6-4-5-7-13(12)10-18/h11-14H,3-10H2,1-2H3,(H,17,21)(H,19,20)/t11-,12?,13?,14-/m0/s1. The predicted molar refractivity (Wildman–Crippen MR) is 81.0 cm³/mol. The molecule has 2 amide bonds. The van der Waals surface area contributed by atoms with Crippen LogP contribution in [0.1, 0.15) is 52.4 Å². The Morgan fingerprint density at radius 2 is 1.90 bits per heavy atom. The Morgan fingerprint density at radius 1 is 1.24 bits per heavy atom. The summed E-state index contributed by atoms with van der Waals surface area (Å²) < 4.78 is 0. The van der Waals surface area contributed by atoms with Crippen LogP contribution in [0.4, 0.5) is 4.79 Å². The zero-order valence-corrected chi connectivity index (χ0v) is 13.2. The number of rotatable bonds is 4. The summed E-state index contributed by atoms with van der Waals surface area (Å²) >= 11 is 0. The van der Waals surface area contributed by atoms with E-state index >= 15 is 0 Å². The van der Waals surface area contributed by atoms with Crippen molar-refractivity contribution in [2.75, 3.05) is 13.1 Å². The van der Waals surface area contributed by atoms with Crippen molar-refractivity contribution >= 4 is 12.0 Å². The summed E-state index contributed by atoms with van der Waals surface area (Å²) in [4.78, 5) is 25.5. The van der Waals surface area contributed by atoms with Gasteiger partial charge in [-0.15, -0.1) is 0 Å². The molecule has 2 fully saturated rings. The average molecular weight is 296 g/mol. The Labute approximate surface area is 127 Å². The molecule has 21 heavy (non-hydrogen) atoms. The number of piperidine rings is 1. The van der Waals surface area contributed by atoms with Gasteiger partial charge in [-0.05, 0) is 30.6 Å². The summed E-state index contributed by atoms with van der Waals surface area (Å²) in [6, 6.07) is -0.988. The number of carbonyl (C=O) groups is 2. The SMILES string of the molecule is CC[C@H](C)[C@H](NC(=O)N1CCC2CCCCC2C1)C(=O)O. The fourth-order valence-corrected chi connectivity index (χ4v) is 3.69. The second-order valence-electron chi connectivity index (χ2n) is 6.69. The number of urea groups is 1. The summed E-state index contributed by atoms with van der Waals surface area (Å²) in [5.41, 5.74) is 0. The number of nitrogens with zero attached hydrogens (tertiary/aromatic N) is 1. The van der Waals surface area contributed by atoms with Gasteiger partial charge < -0.3 is 15.3 Å². The topological polar surface area (TPSA) is 69.6 Å². The smallest absolute Gasteiger partial charge is 0.326 e. The van der Waals surface area contributed by atoms with E-state index in [2.05, 4.69) is 5.32 Å². The van der Waals surface area contributed by atoms with Crippen molar-refractivity contribution in [2.45, 2.75) is 58.4 Å². The molecule has 2 unspecified atom stereocenters. The summed E-state index contributed by atoms with van der Waals surface area (Å²) in [5, 5.41) is 12.0. The first-order valence-corrected chi connectivity index (χ1v) is 8.31. The van der Waals surface area contributed by atoms with Gasteiger partial charge in [0.2, 0.25) is 0 Å². The van der Waals surface area contributed by atoms with Gasteiger partial charge in [0, 0.05) is 13.1 Å². The van der Waals surface area contributed by atoms with E-state index in [-0.39, 0.29) is 11.9 Å². The second kappa shape index (κ2) is 7.14. The molecular formula is C16H28N2O3. The molecule has 120 valence electrons. The highest BCUT2D eigenvalue weighted by atomic mass is 16.4. The van der Waals surface area contributed by atoms with E-state index in [0.717, 1.165) is 31.8 Å². The Hall–Kier alpha value is -1.26. The van der Waals surface area contributed by atoms with Crippen molar-refractivity contribution in [3.63, 3.8) is 0 Å². The Bertz CT molecular complexity index is 386. The zero-order chi connectivity index (χ0) is 15.4. The number of aliphatic carboxylic acids is 1. The van der Waals surface area contributed by atoms with Crippen LogP contribution in [0.5, 0.6) is 0 Å². The molecule has 5 nitrogen and oxygen atoms in total. The van der Waals surface area contributed by atoms with E-state index in [1.165, 1.54) is 25.7 Å². The molecule has 5 heteroatoms. The summed E-state index contributed by atoms with van der Waals surface area (Å²) in [7, 11) is 0. The Kier molecular flexibility index (Phi) is 5.48. The maximum atomic E-state index is 12.4. The minimum absolute atomic E-state index is 0.0568. The molecule has 1 heterocycles. The van der Waals surface area contributed by atoms with E-state index in [9.17, 15) is 14.7 Å². The fraction of sp³-hybridized carbons (Fsp3) is 0.875. The molecule has 0 spiro atoms. The maximum absolute atomic E-state index is 12.4. The van der Waals surface area contributed by atoms with Crippen LogP contribution in [0.3, 0.4) is 0 Å². The Morgan fingerprint density at radius 3 is 2.52 bits per heavy atom. The Balaban J connectivity index is 1.92. The molecule has 0 aromatic rings. The van der Waals surface area contributed by atoms with E-state index in [1.54, 1.807) is 0 Å². The van der Waals surface area contributed by atoms with Gasteiger partial charge in [-0.3, -0.25) is 0 Å². The molecule has 1 saturated carbocycles. The van der Waals surface area contributed by atoms with Crippen LogP contribution >= 0.6 is 0 Å². The van der Waals surface area contributed by atoms with Crippen LogP contribution in [0, 0.1) is 17.8 Å². The number of amides is 2. The minimum Gasteiger partial charge on any atom is -0.480 e. The van der Waals surface area contributed by atoms with Crippen LogP contribution < -0.4 is 5.32 Å². The normalized spacial score (nSPS) is 28.4. The van der Waals surface area contributed by atoms with E-state index in [4.69, 9.17) is 0 Å². The predicted octanol–water partition coefficient (Wildman–Crippen LogP) is 2.71. The first-order valence-electron chi connectivity index (χ1n) is 8.31. The largest absolute Gasteiger partial charge is 0.480 e. The number of carbonyl (C=O) groups excluding carboxylic acids is 1. The van der Waals surface area contributed by atoms with Crippen molar-refractivity contribution in [3.05, 3.63) is 0 Å². The highest BCUT2D eigenvalue weighted by Crippen LogP contribution is 2.36. The lowest BCUT2D eigenvalue weighted by atomic mass is 9.75. The van der Waals surface area contributed by atoms with Crippen molar-refractivity contribution in [2.24, 2.45) is 17.8 Å². The van der Waals surface area contributed by atoms with Crippen molar-refractivity contribution in [1.29, 1.82) is 0 Å². The number of hydrogen-bond donors (Lipinski definition) is 2. The van der Waals surface area contributed by atoms with Crippen LogP contribution in [-0.4, -0.2) is 41.1 Å².